The maximum atomic E-state index is 12.6. The first-order valence-electron chi connectivity index (χ1n) is 7.62. The van der Waals surface area contributed by atoms with E-state index in [2.05, 4.69) is 10.3 Å². The van der Waals surface area contributed by atoms with Gasteiger partial charge in [0.05, 0.1) is 5.69 Å². The number of anilines is 3. The molecule has 0 atom stereocenters. The van der Waals surface area contributed by atoms with Crippen LogP contribution in [0.15, 0.2) is 30.3 Å². The smallest absolute Gasteiger partial charge is 0.267 e. The van der Waals surface area contributed by atoms with Crippen molar-refractivity contribution in [2.75, 3.05) is 30.0 Å². The third kappa shape index (κ3) is 2.92. The molecule has 124 valence electrons. The van der Waals surface area contributed by atoms with Crippen molar-refractivity contribution in [2.45, 2.75) is 13.8 Å². The first kappa shape index (κ1) is 16.3. The maximum absolute atomic E-state index is 12.6. The van der Waals surface area contributed by atoms with Crippen LogP contribution in [0.25, 0.3) is 10.2 Å². The molecule has 2 heterocycles. The van der Waals surface area contributed by atoms with Crippen molar-refractivity contribution in [3.8, 4) is 0 Å². The number of thiophene rings is 1. The van der Waals surface area contributed by atoms with Crippen molar-refractivity contribution < 1.29 is 4.79 Å². The second-order valence-electron chi connectivity index (χ2n) is 6.00. The lowest BCUT2D eigenvalue weighted by molar-refractivity contribution is 0.103. The van der Waals surface area contributed by atoms with Crippen LogP contribution in [0.2, 0.25) is 0 Å². The molecule has 0 aliphatic carbocycles. The van der Waals surface area contributed by atoms with Crippen molar-refractivity contribution in [1.29, 1.82) is 0 Å². The highest BCUT2D eigenvalue weighted by atomic mass is 32.1. The Balaban J connectivity index is 1.91. The highest BCUT2D eigenvalue weighted by Crippen LogP contribution is 2.35. The molecule has 3 rings (SSSR count). The molecule has 0 fully saturated rings. The molecular weight excluding hydrogens is 320 g/mol. The minimum Gasteiger partial charge on any atom is -0.397 e. The van der Waals surface area contributed by atoms with E-state index in [9.17, 15) is 4.79 Å². The van der Waals surface area contributed by atoms with Crippen LogP contribution in [0, 0.1) is 13.8 Å². The Hall–Kier alpha value is -2.60. The molecule has 2 aromatic heterocycles. The van der Waals surface area contributed by atoms with Gasteiger partial charge < -0.3 is 16.0 Å². The summed E-state index contributed by atoms with van der Waals surface area (Å²) in [5.41, 5.74) is 10.5. The van der Waals surface area contributed by atoms with E-state index in [1.165, 1.54) is 11.3 Å². The molecule has 0 bridgehead atoms. The molecule has 0 aliphatic rings. The standard InChI is InChI=1S/C18H20N4OS/c1-10-9-11(2)20-18-14(10)15(19)16(24-18)17(23)21-12-5-7-13(8-6-12)22(3)4/h5-9H,19H2,1-4H3,(H,21,23). The maximum Gasteiger partial charge on any atom is 0.267 e. The predicted molar refractivity (Wildman–Crippen MR) is 102 cm³/mol. The quantitative estimate of drug-likeness (QED) is 0.760. The number of amides is 1. The number of carbonyl (C=O) groups is 1. The molecule has 0 saturated heterocycles. The highest BCUT2D eigenvalue weighted by molar-refractivity contribution is 7.21. The first-order valence-corrected chi connectivity index (χ1v) is 8.43. The summed E-state index contributed by atoms with van der Waals surface area (Å²) in [5.74, 6) is -0.204. The molecule has 5 nitrogen and oxygen atoms in total. The molecule has 24 heavy (non-hydrogen) atoms. The number of pyridine rings is 1. The summed E-state index contributed by atoms with van der Waals surface area (Å²) in [4.78, 5) is 20.4. The fourth-order valence-corrected chi connectivity index (χ4v) is 3.78. The predicted octanol–water partition coefficient (Wildman–Crippen LogP) is 3.81. The van der Waals surface area contributed by atoms with Gasteiger partial charge in [0.1, 0.15) is 9.71 Å². The first-order chi connectivity index (χ1) is 11.4. The number of nitrogens with one attached hydrogen (secondary N) is 1. The average molecular weight is 340 g/mol. The number of hydrogen-bond acceptors (Lipinski definition) is 5. The summed E-state index contributed by atoms with van der Waals surface area (Å²) in [5, 5.41) is 3.78. The Morgan fingerprint density at radius 1 is 1.21 bits per heavy atom. The molecule has 3 aromatic rings. The van der Waals surface area contributed by atoms with Crippen molar-refractivity contribution >= 4 is 44.5 Å². The minimum atomic E-state index is -0.204. The molecule has 1 amide bonds. The van der Waals surface area contributed by atoms with Crippen molar-refractivity contribution in [1.82, 2.24) is 4.98 Å². The Morgan fingerprint density at radius 3 is 2.50 bits per heavy atom. The summed E-state index contributed by atoms with van der Waals surface area (Å²) in [6.45, 7) is 3.93. The largest absolute Gasteiger partial charge is 0.397 e. The molecule has 0 aliphatic heterocycles. The second-order valence-corrected chi connectivity index (χ2v) is 7.00. The molecular formula is C18H20N4OS. The number of fused-ring (bicyclic) bond motifs is 1. The van der Waals surface area contributed by atoms with Crippen LogP contribution in [-0.2, 0) is 0 Å². The van der Waals surface area contributed by atoms with Crippen LogP contribution in [0.1, 0.15) is 20.9 Å². The number of rotatable bonds is 3. The van der Waals surface area contributed by atoms with Gasteiger partial charge in [-0.05, 0) is 49.7 Å². The van der Waals surface area contributed by atoms with E-state index < -0.39 is 0 Å². The van der Waals surface area contributed by atoms with E-state index in [1.807, 2.05) is 63.2 Å². The fraction of sp³-hybridized carbons (Fsp3) is 0.222. The van der Waals surface area contributed by atoms with Gasteiger partial charge in [0, 0.05) is 36.6 Å². The summed E-state index contributed by atoms with van der Waals surface area (Å²) in [6.07, 6.45) is 0. The van der Waals surface area contributed by atoms with Crippen LogP contribution >= 0.6 is 11.3 Å². The van der Waals surface area contributed by atoms with Gasteiger partial charge in [-0.15, -0.1) is 11.3 Å². The van der Waals surface area contributed by atoms with E-state index in [-0.39, 0.29) is 5.91 Å². The summed E-state index contributed by atoms with van der Waals surface area (Å²) >= 11 is 1.33. The zero-order valence-corrected chi connectivity index (χ0v) is 15.0. The number of carbonyl (C=O) groups excluding carboxylic acids is 1. The van der Waals surface area contributed by atoms with E-state index in [0.29, 0.717) is 10.6 Å². The topological polar surface area (TPSA) is 71.2 Å². The van der Waals surface area contributed by atoms with Gasteiger partial charge in [0.25, 0.3) is 5.91 Å². The minimum absolute atomic E-state index is 0.204. The SMILES string of the molecule is Cc1cc(C)c2c(N)c(C(=O)Nc3ccc(N(C)C)cc3)sc2n1. The number of hydrogen-bond donors (Lipinski definition) is 2. The lowest BCUT2D eigenvalue weighted by Crippen LogP contribution is -2.12. The number of nitrogen functional groups attached to an aromatic ring is 1. The van der Waals surface area contributed by atoms with E-state index in [1.54, 1.807) is 0 Å². The number of aryl methyl sites for hydroxylation is 2. The van der Waals surface area contributed by atoms with Gasteiger partial charge in [-0.1, -0.05) is 0 Å². The van der Waals surface area contributed by atoms with Crippen LogP contribution in [-0.4, -0.2) is 25.0 Å². The number of nitrogens with zero attached hydrogens (tertiary/aromatic N) is 2. The third-order valence-corrected chi connectivity index (χ3v) is 4.97. The van der Waals surface area contributed by atoms with Gasteiger partial charge in [0.15, 0.2) is 0 Å². The average Bonchev–Trinajstić information content (AvgIpc) is 2.84. The Kier molecular flexibility index (Phi) is 4.15. The van der Waals surface area contributed by atoms with E-state index >= 15 is 0 Å². The van der Waals surface area contributed by atoms with Crippen LogP contribution in [0.5, 0.6) is 0 Å². The van der Waals surface area contributed by atoms with Gasteiger partial charge in [0.2, 0.25) is 0 Å². The molecule has 1 aromatic carbocycles. The van der Waals surface area contributed by atoms with Crippen molar-refractivity contribution in [3.63, 3.8) is 0 Å². The zero-order valence-electron chi connectivity index (χ0n) is 14.2. The van der Waals surface area contributed by atoms with E-state index in [0.717, 1.165) is 32.8 Å². The molecule has 0 spiro atoms. The Labute approximate surface area is 145 Å². The lowest BCUT2D eigenvalue weighted by Gasteiger charge is -2.13. The van der Waals surface area contributed by atoms with E-state index in [4.69, 9.17) is 5.73 Å². The molecule has 0 saturated carbocycles. The van der Waals surface area contributed by atoms with Crippen LogP contribution < -0.4 is 16.0 Å². The van der Waals surface area contributed by atoms with Gasteiger partial charge >= 0.3 is 0 Å². The van der Waals surface area contributed by atoms with Crippen LogP contribution in [0.4, 0.5) is 17.1 Å². The van der Waals surface area contributed by atoms with Gasteiger partial charge in [-0.25, -0.2) is 4.98 Å². The summed E-state index contributed by atoms with van der Waals surface area (Å²) in [7, 11) is 3.95. The molecule has 6 heteroatoms. The summed E-state index contributed by atoms with van der Waals surface area (Å²) in [6, 6.07) is 9.65. The molecule has 0 unspecified atom stereocenters. The highest BCUT2D eigenvalue weighted by Gasteiger charge is 2.19. The van der Waals surface area contributed by atoms with Crippen molar-refractivity contribution in [2.24, 2.45) is 0 Å². The Bertz CT molecular complexity index is 913. The fourth-order valence-electron chi connectivity index (χ4n) is 2.67. The number of aromatic nitrogens is 1. The zero-order chi connectivity index (χ0) is 17.4. The van der Waals surface area contributed by atoms with Gasteiger partial charge in [-0.2, -0.15) is 0 Å². The van der Waals surface area contributed by atoms with Gasteiger partial charge in [-0.3, -0.25) is 4.79 Å². The number of nitrogens with two attached hydrogens (primary N) is 1. The lowest BCUT2D eigenvalue weighted by atomic mass is 10.1. The Morgan fingerprint density at radius 2 is 1.88 bits per heavy atom. The normalized spacial score (nSPS) is 10.8. The summed E-state index contributed by atoms with van der Waals surface area (Å²) < 4.78 is 0. The van der Waals surface area contributed by atoms with Crippen molar-refractivity contribution in [3.05, 3.63) is 46.5 Å². The molecule has 0 radical (unpaired) electrons. The monoisotopic (exact) mass is 340 g/mol. The third-order valence-electron chi connectivity index (χ3n) is 3.87. The second kappa shape index (κ2) is 6.13. The number of benzene rings is 1. The molecule has 3 N–H and O–H groups in total. The van der Waals surface area contributed by atoms with Crippen LogP contribution in [0.3, 0.4) is 0 Å².